The van der Waals surface area contributed by atoms with Crippen molar-refractivity contribution in [1.82, 2.24) is 19.7 Å². The molecule has 0 unspecified atom stereocenters. The zero-order valence-corrected chi connectivity index (χ0v) is 16.7. The predicted molar refractivity (Wildman–Crippen MR) is 106 cm³/mol. The second kappa shape index (κ2) is 7.98. The maximum absolute atomic E-state index is 13.4. The van der Waals surface area contributed by atoms with Gasteiger partial charge >= 0.3 is 12.5 Å². The van der Waals surface area contributed by atoms with Crippen LogP contribution in [0.1, 0.15) is 52.4 Å². The van der Waals surface area contributed by atoms with Gasteiger partial charge in [-0.3, -0.25) is 0 Å². The second-order valence-electron chi connectivity index (χ2n) is 7.05. The number of nitrogen functional groups attached to an aromatic ring is 1. The van der Waals surface area contributed by atoms with Crippen LogP contribution in [-0.4, -0.2) is 32.8 Å². The number of methoxy groups -OCH3 is 1. The van der Waals surface area contributed by atoms with Crippen LogP contribution >= 0.6 is 11.6 Å². The normalized spacial score (nSPS) is 13.6. The lowest BCUT2D eigenvalue weighted by Crippen LogP contribution is -2.04. The summed E-state index contributed by atoms with van der Waals surface area (Å²) in [5.41, 5.74) is 8.99. The minimum absolute atomic E-state index is 0.0820. The molecule has 2 N–H and O–H groups in total. The molecule has 0 radical (unpaired) electrons. The fourth-order valence-electron chi connectivity index (χ4n) is 3.43. The van der Waals surface area contributed by atoms with E-state index in [-0.39, 0.29) is 28.9 Å². The monoisotopic (exact) mass is 433 g/mol. The van der Waals surface area contributed by atoms with Crippen LogP contribution < -0.4 is 5.73 Å². The Morgan fingerprint density at radius 3 is 2.70 bits per heavy atom. The third-order valence-electron chi connectivity index (χ3n) is 4.92. The standard InChI is InChI=1S/C20H18ClF2N5O2/c1-30-18(29)11-4-5-14(10-2-3-10)12(6-11)7-13-9-28(19(22)23)27-17(13)15-8-16(21)26-20(24)25-15/h4-6,8-10,19H,2-3,7H2,1H3,(H2,24,25,26). The summed E-state index contributed by atoms with van der Waals surface area (Å²) in [6, 6.07) is 6.78. The number of carbonyl (C=O) groups is 1. The molecule has 3 aromatic rings. The van der Waals surface area contributed by atoms with Gasteiger partial charge in [0.2, 0.25) is 5.95 Å². The van der Waals surface area contributed by atoms with Crippen LogP contribution in [0.25, 0.3) is 11.4 Å². The molecule has 0 saturated heterocycles. The summed E-state index contributed by atoms with van der Waals surface area (Å²) >= 11 is 5.96. The molecule has 156 valence electrons. The molecule has 1 aromatic carbocycles. The summed E-state index contributed by atoms with van der Waals surface area (Å²) in [5.74, 6) is -0.150. The van der Waals surface area contributed by atoms with E-state index in [1.165, 1.54) is 19.4 Å². The number of aromatic nitrogens is 4. The van der Waals surface area contributed by atoms with E-state index in [1.54, 1.807) is 12.1 Å². The maximum atomic E-state index is 13.4. The van der Waals surface area contributed by atoms with Crippen LogP contribution in [0, 0.1) is 0 Å². The van der Waals surface area contributed by atoms with Crippen molar-refractivity contribution >= 4 is 23.5 Å². The predicted octanol–water partition coefficient (Wildman–Crippen LogP) is 4.23. The van der Waals surface area contributed by atoms with Crippen molar-refractivity contribution < 1.29 is 18.3 Å². The summed E-state index contributed by atoms with van der Waals surface area (Å²) in [6.07, 6.45) is 3.64. The number of hydrogen-bond donors (Lipinski definition) is 1. The second-order valence-corrected chi connectivity index (χ2v) is 7.44. The highest BCUT2D eigenvalue weighted by atomic mass is 35.5. The van der Waals surface area contributed by atoms with E-state index < -0.39 is 12.5 Å². The van der Waals surface area contributed by atoms with E-state index in [1.807, 2.05) is 6.07 Å². The van der Waals surface area contributed by atoms with E-state index in [0.717, 1.165) is 24.0 Å². The summed E-state index contributed by atoms with van der Waals surface area (Å²) in [6.45, 7) is -2.82. The van der Waals surface area contributed by atoms with E-state index in [0.29, 0.717) is 21.7 Å². The van der Waals surface area contributed by atoms with Gasteiger partial charge in [-0.1, -0.05) is 17.7 Å². The molecule has 2 heterocycles. The highest BCUT2D eigenvalue weighted by Crippen LogP contribution is 2.42. The molecule has 4 rings (SSSR count). The molecule has 0 amide bonds. The number of esters is 1. The zero-order chi connectivity index (χ0) is 21.4. The van der Waals surface area contributed by atoms with Gasteiger partial charge < -0.3 is 10.5 Å². The van der Waals surface area contributed by atoms with Crippen molar-refractivity contribution in [1.29, 1.82) is 0 Å². The van der Waals surface area contributed by atoms with Gasteiger partial charge in [0.05, 0.1) is 18.4 Å². The van der Waals surface area contributed by atoms with Gasteiger partial charge in [-0.15, -0.1) is 0 Å². The molecule has 0 aliphatic heterocycles. The van der Waals surface area contributed by atoms with Crippen molar-refractivity contribution in [2.75, 3.05) is 12.8 Å². The number of benzene rings is 1. The smallest absolute Gasteiger partial charge is 0.337 e. The van der Waals surface area contributed by atoms with Crippen LogP contribution in [0.3, 0.4) is 0 Å². The molecule has 1 fully saturated rings. The molecule has 0 spiro atoms. The topological polar surface area (TPSA) is 95.9 Å². The Morgan fingerprint density at radius 1 is 1.30 bits per heavy atom. The fourth-order valence-corrected chi connectivity index (χ4v) is 3.62. The molecule has 0 atom stereocenters. The molecule has 0 bridgehead atoms. The molecule has 30 heavy (non-hydrogen) atoms. The first kappa shape index (κ1) is 20.2. The van der Waals surface area contributed by atoms with E-state index >= 15 is 0 Å². The van der Waals surface area contributed by atoms with Crippen LogP contribution in [0.4, 0.5) is 14.7 Å². The first-order chi connectivity index (χ1) is 14.4. The molecular weight excluding hydrogens is 416 g/mol. The Hall–Kier alpha value is -3.07. The van der Waals surface area contributed by atoms with Gasteiger partial charge in [0.25, 0.3) is 0 Å². The minimum atomic E-state index is -2.82. The number of hydrogen-bond acceptors (Lipinski definition) is 6. The van der Waals surface area contributed by atoms with Crippen molar-refractivity contribution in [3.8, 4) is 11.4 Å². The lowest BCUT2D eigenvalue weighted by molar-refractivity contribution is 0.0566. The number of alkyl halides is 2. The van der Waals surface area contributed by atoms with Crippen LogP contribution in [-0.2, 0) is 11.2 Å². The van der Waals surface area contributed by atoms with Crippen molar-refractivity contribution in [2.45, 2.75) is 31.7 Å². The average Bonchev–Trinajstić information content (AvgIpc) is 3.45. The first-order valence-corrected chi connectivity index (χ1v) is 9.61. The summed E-state index contributed by atoms with van der Waals surface area (Å²) < 4.78 is 32.1. The summed E-state index contributed by atoms with van der Waals surface area (Å²) in [5, 5.41) is 4.08. The third-order valence-corrected chi connectivity index (χ3v) is 5.12. The Labute approximate surface area is 175 Å². The molecule has 2 aromatic heterocycles. The van der Waals surface area contributed by atoms with E-state index in [2.05, 4.69) is 15.1 Å². The van der Waals surface area contributed by atoms with E-state index in [4.69, 9.17) is 22.1 Å². The highest BCUT2D eigenvalue weighted by molar-refractivity contribution is 6.29. The molecule has 1 aliphatic rings. The number of ether oxygens (including phenoxy) is 1. The van der Waals surface area contributed by atoms with Crippen LogP contribution in [0.15, 0.2) is 30.5 Å². The van der Waals surface area contributed by atoms with E-state index in [9.17, 15) is 13.6 Å². The first-order valence-electron chi connectivity index (χ1n) is 9.23. The zero-order valence-electron chi connectivity index (χ0n) is 16.0. The Bertz CT molecular complexity index is 1090. The quantitative estimate of drug-likeness (QED) is 0.461. The number of nitrogens with zero attached hydrogens (tertiary/aromatic N) is 4. The molecule has 7 nitrogen and oxygen atoms in total. The lowest BCUT2D eigenvalue weighted by Gasteiger charge is -2.11. The van der Waals surface area contributed by atoms with Crippen molar-refractivity contribution in [2.24, 2.45) is 0 Å². The van der Waals surface area contributed by atoms with Gasteiger partial charge in [-0.05, 0) is 42.0 Å². The average molecular weight is 434 g/mol. The molecule has 10 heteroatoms. The van der Waals surface area contributed by atoms with Gasteiger partial charge in [0, 0.05) is 24.2 Å². The molecule has 1 aliphatic carbocycles. The fraction of sp³-hybridized carbons (Fsp3) is 0.300. The van der Waals surface area contributed by atoms with Gasteiger partial charge in [0.1, 0.15) is 10.8 Å². The molecule has 1 saturated carbocycles. The molecular formula is C20H18ClF2N5O2. The van der Waals surface area contributed by atoms with Gasteiger partial charge in [-0.25, -0.2) is 19.4 Å². The maximum Gasteiger partial charge on any atom is 0.337 e. The lowest BCUT2D eigenvalue weighted by atomic mass is 9.94. The SMILES string of the molecule is COC(=O)c1ccc(C2CC2)c(Cc2cn(C(F)F)nc2-c2cc(Cl)nc(N)n2)c1. The van der Waals surface area contributed by atoms with Crippen LogP contribution in [0.2, 0.25) is 5.15 Å². The Kier molecular flexibility index (Phi) is 5.38. The largest absolute Gasteiger partial charge is 0.465 e. The summed E-state index contributed by atoms with van der Waals surface area (Å²) in [7, 11) is 1.31. The number of carbonyl (C=O) groups excluding carboxylic acids is 1. The Morgan fingerprint density at radius 2 is 2.07 bits per heavy atom. The Balaban J connectivity index is 1.80. The van der Waals surface area contributed by atoms with Crippen LogP contribution in [0.5, 0.6) is 0 Å². The third kappa shape index (κ3) is 4.11. The number of anilines is 1. The number of halogens is 3. The summed E-state index contributed by atoms with van der Waals surface area (Å²) in [4.78, 5) is 19.9. The van der Waals surface area contributed by atoms with Crippen molar-refractivity contribution in [3.63, 3.8) is 0 Å². The van der Waals surface area contributed by atoms with Crippen molar-refractivity contribution in [3.05, 3.63) is 57.9 Å². The number of nitrogens with two attached hydrogens (primary N) is 1. The minimum Gasteiger partial charge on any atom is -0.465 e. The van der Waals surface area contributed by atoms with Gasteiger partial charge in [-0.2, -0.15) is 13.9 Å². The van der Waals surface area contributed by atoms with Gasteiger partial charge in [0.15, 0.2) is 0 Å². The highest BCUT2D eigenvalue weighted by Gasteiger charge is 2.28. The number of rotatable bonds is 6.